The molecule has 2 aliphatic heterocycles. The molecule has 2 aliphatic rings. The van der Waals surface area contributed by atoms with E-state index in [9.17, 15) is 0 Å². The third-order valence-electron chi connectivity index (χ3n) is 3.30. The molecule has 1 N–H and O–H groups in total. The van der Waals surface area contributed by atoms with Crippen LogP contribution in [0.5, 0.6) is 5.75 Å². The molecule has 1 saturated heterocycles. The number of nitrogens with zero attached hydrogens (tertiary/aromatic N) is 1. The van der Waals surface area contributed by atoms with Crippen LogP contribution in [-0.2, 0) is 17.9 Å². The Kier molecular flexibility index (Phi) is 3.27. The van der Waals surface area contributed by atoms with Crippen LogP contribution in [0.3, 0.4) is 0 Å². The molecule has 0 bridgehead atoms. The van der Waals surface area contributed by atoms with Crippen LogP contribution in [-0.4, -0.2) is 37.9 Å². The fourth-order valence-corrected chi connectivity index (χ4v) is 2.37. The molecular weight excluding hydrogens is 216 g/mol. The summed E-state index contributed by atoms with van der Waals surface area (Å²) < 4.78 is 10.7. The maximum absolute atomic E-state index is 5.42. The van der Waals surface area contributed by atoms with Crippen LogP contribution in [0.2, 0.25) is 0 Å². The fourth-order valence-electron chi connectivity index (χ4n) is 2.37. The Labute approximate surface area is 102 Å². The summed E-state index contributed by atoms with van der Waals surface area (Å²) in [5.41, 5.74) is 2.52. The van der Waals surface area contributed by atoms with E-state index in [4.69, 9.17) is 9.47 Å². The van der Waals surface area contributed by atoms with Crippen molar-refractivity contribution in [1.29, 1.82) is 0 Å². The molecule has 1 aromatic rings. The summed E-state index contributed by atoms with van der Waals surface area (Å²) in [6.07, 6.45) is 0. The van der Waals surface area contributed by atoms with Gasteiger partial charge in [0.1, 0.15) is 5.75 Å². The lowest BCUT2D eigenvalue weighted by Crippen LogP contribution is -2.42. The summed E-state index contributed by atoms with van der Waals surface area (Å²) in [7, 11) is 0. The van der Waals surface area contributed by atoms with E-state index in [0.717, 1.165) is 38.5 Å². The molecule has 0 unspecified atom stereocenters. The van der Waals surface area contributed by atoms with Crippen LogP contribution in [0.15, 0.2) is 18.2 Å². The minimum absolute atomic E-state index is 0.379. The summed E-state index contributed by atoms with van der Waals surface area (Å²) >= 11 is 0. The first kappa shape index (κ1) is 11.0. The van der Waals surface area contributed by atoms with E-state index in [1.54, 1.807) is 0 Å². The molecule has 0 saturated carbocycles. The van der Waals surface area contributed by atoms with E-state index in [1.807, 2.05) is 0 Å². The Hall–Kier alpha value is -1.10. The summed E-state index contributed by atoms with van der Waals surface area (Å²) in [5, 5.41) is 3.37. The van der Waals surface area contributed by atoms with Crippen molar-refractivity contribution in [2.75, 3.05) is 33.0 Å². The van der Waals surface area contributed by atoms with Crippen LogP contribution >= 0.6 is 0 Å². The second-order valence-corrected chi connectivity index (χ2v) is 4.58. The third-order valence-corrected chi connectivity index (χ3v) is 3.30. The molecule has 4 nitrogen and oxygen atoms in total. The zero-order chi connectivity index (χ0) is 11.5. The number of rotatable bonds is 2. The Morgan fingerprint density at radius 3 is 3.00 bits per heavy atom. The van der Waals surface area contributed by atoms with E-state index in [-0.39, 0.29) is 0 Å². The zero-order valence-corrected chi connectivity index (χ0v) is 9.95. The van der Waals surface area contributed by atoms with E-state index in [2.05, 4.69) is 28.4 Å². The topological polar surface area (TPSA) is 33.7 Å². The average molecular weight is 234 g/mol. The molecule has 4 heteroatoms. The van der Waals surface area contributed by atoms with E-state index < -0.39 is 0 Å². The lowest BCUT2D eigenvalue weighted by Gasteiger charge is -2.27. The molecule has 0 radical (unpaired) electrons. The molecule has 1 fully saturated rings. The third kappa shape index (κ3) is 2.60. The number of benzene rings is 1. The maximum atomic E-state index is 5.42. The van der Waals surface area contributed by atoms with Gasteiger partial charge in [0.25, 0.3) is 0 Å². The molecule has 3 rings (SSSR count). The summed E-state index contributed by atoms with van der Waals surface area (Å²) in [5.74, 6) is 0.973. The highest BCUT2D eigenvalue weighted by Gasteiger charge is 2.13. The quantitative estimate of drug-likeness (QED) is 0.826. The first-order chi connectivity index (χ1) is 8.42. The molecule has 1 aromatic carbocycles. The van der Waals surface area contributed by atoms with Crippen LogP contribution < -0.4 is 10.1 Å². The van der Waals surface area contributed by atoms with Crippen molar-refractivity contribution in [3.63, 3.8) is 0 Å². The summed E-state index contributed by atoms with van der Waals surface area (Å²) in [6.45, 7) is 6.52. The number of piperazine rings is 1. The molecular formula is C13H18N2O2. The Balaban J connectivity index is 1.70. The van der Waals surface area contributed by atoms with Crippen molar-refractivity contribution < 1.29 is 9.47 Å². The molecule has 2 heterocycles. The summed E-state index contributed by atoms with van der Waals surface area (Å²) in [6, 6.07) is 6.43. The number of nitrogens with one attached hydrogen (secondary N) is 1. The van der Waals surface area contributed by atoms with Gasteiger partial charge in [-0.15, -0.1) is 0 Å². The number of hydrogen-bond donors (Lipinski definition) is 1. The first-order valence-corrected chi connectivity index (χ1v) is 6.17. The second kappa shape index (κ2) is 5.04. The highest BCUT2D eigenvalue weighted by molar-refractivity contribution is 5.37. The molecule has 17 heavy (non-hydrogen) atoms. The normalized spacial score (nSPS) is 20.7. The molecule has 92 valence electrons. The van der Waals surface area contributed by atoms with Gasteiger partial charge in [0, 0.05) is 38.3 Å². The zero-order valence-electron chi connectivity index (χ0n) is 9.95. The number of fused-ring (bicyclic) bond motifs is 1. The molecule has 0 aliphatic carbocycles. The van der Waals surface area contributed by atoms with Gasteiger partial charge in [-0.05, 0) is 17.7 Å². The number of hydrogen-bond acceptors (Lipinski definition) is 4. The highest BCUT2D eigenvalue weighted by atomic mass is 16.7. The number of ether oxygens (including phenoxy) is 2. The monoisotopic (exact) mass is 234 g/mol. The largest absolute Gasteiger partial charge is 0.467 e. The minimum atomic E-state index is 0.379. The van der Waals surface area contributed by atoms with E-state index >= 15 is 0 Å². The van der Waals surface area contributed by atoms with Crippen molar-refractivity contribution in [2.45, 2.75) is 13.2 Å². The average Bonchev–Trinajstić information content (AvgIpc) is 2.40. The van der Waals surface area contributed by atoms with Gasteiger partial charge in [0.15, 0.2) is 6.79 Å². The lowest BCUT2D eigenvalue weighted by molar-refractivity contribution is -0.0164. The Morgan fingerprint density at radius 1 is 1.24 bits per heavy atom. The molecule has 0 aromatic heterocycles. The van der Waals surface area contributed by atoms with Crippen LogP contribution in [0.1, 0.15) is 11.1 Å². The van der Waals surface area contributed by atoms with Gasteiger partial charge in [-0.25, -0.2) is 0 Å². The SMILES string of the molecule is c1cc2c(cc1CN1CCNCC1)COCO2. The predicted molar refractivity (Wildman–Crippen MR) is 64.9 cm³/mol. The van der Waals surface area contributed by atoms with E-state index in [1.165, 1.54) is 11.1 Å². The standard InChI is InChI=1S/C13H18N2O2/c1-2-13-12(9-16-10-17-13)7-11(1)8-15-5-3-14-4-6-15/h1-2,7,14H,3-6,8-10H2. The van der Waals surface area contributed by atoms with Gasteiger partial charge in [0.2, 0.25) is 0 Å². The fraction of sp³-hybridized carbons (Fsp3) is 0.538. The van der Waals surface area contributed by atoms with Crippen LogP contribution in [0.25, 0.3) is 0 Å². The first-order valence-electron chi connectivity index (χ1n) is 6.17. The predicted octanol–water partition coefficient (Wildman–Crippen LogP) is 0.958. The summed E-state index contributed by atoms with van der Waals surface area (Å²) in [4.78, 5) is 2.47. The van der Waals surface area contributed by atoms with Crippen molar-refractivity contribution in [3.05, 3.63) is 29.3 Å². The van der Waals surface area contributed by atoms with Crippen LogP contribution in [0, 0.1) is 0 Å². The molecule has 0 amide bonds. The Bertz CT molecular complexity index is 389. The van der Waals surface area contributed by atoms with Crippen molar-refractivity contribution >= 4 is 0 Å². The van der Waals surface area contributed by atoms with Gasteiger partial charge in [-0.1, -0.05) is 6.07 Å². The van der Waals surface area contributed by atoms with Gasteiger partial charge < -0.3 is 14.8 Å². The van der Waals surface area contributed by atoms with Gasteiger partial charge >= 0.3 is 0 Å². The van der Waals surface area contributed by atoms with Gasteiger partial charge in [-0.2, -0.15) is 0 Å². The molecule has 0 spiro atoms. The van der Waals surface area contributed by atoms with E-state index in [0.29, 0.717) is 13.4 Å². The maximum Gasteiger partial charge on any atom is 0.189 e. The minimum Gasteiger partial charge on any atom is -0.467 e. The Morgan fingerprint density at radius 2 is 2.12 bits per heavy atom. The van der Waals surface area contributed by atoms with Crippen LogP contribution in [0.4, 0.5) is 0 Å². The van der Waals surface area contributed by atoms with Crippen molar-refractivity contribution in [2.24, 2.45) is 0 Å². The van der Waals surface area contributed by atoms with Crippen molar-refractivity contribution in [1.82, 2.24) is 10.2 Å². The van der Waals surface area contributed by atoms with Gasteiger partial charge in [0.05, 0.1) is 6.61 Å². The lowest BCUT2D eigenvalue weighted by atomic mass is 10.1. The molecule has 0 atom stereocenters. The van der Waals surface area contributed by atoms with Gasteiger partial charge in [-0.3, -0.25) is 4.90 Å². The second-order valence-electron chi connectivity index (χ2n) is 4.58. The smallest absolute Gasteiger partial charge is 0.189 e. The van der Waals surface area contributed by atoms with Crippen molar-refractivity contribution in [3.8, 4) is 5.75 Å². The highest BCUT2D eigenvalue weighted by Crippen LogP contribution is 2.24.